The molecule has 0 aliphatic carbocycles. The van der Waals surface area contributed by atoms with Gasteiger partial charge in [-0.25, -0.2) is 9.18 Å². The molecule has 6 heteroatoms. The van der Waals surface area contributed by atoms with Crippen molar-refractivity contribution >= 4 is 17.5 Å². The molecule has 1 N–H and O–H groups in total. The molecule has 1 heterocycles. The quantitative estimate of drug-likeness (QED) is 0.501. The number of carboxylic acid groups (broad SMARTS) is 1. The summed E-state index contributed by atoms with van der Waals surface area (Å²) in [6.07, 6.45) is 0.857. The molecular formula is C15H11FO5. The zero-order valence-electron chi connectivity index (χ0n) is 10.8. The van der Waals surface area contributed by atoms with Crippen LogP contribution < -0.4 is 0 Å². The Morgan fingerprint density at radius 2 is 1.76 bits per heavy atom. The van der Waals surface area contributed by atoms with Gasteiger partial charge < -0.3 is 9.52 Å². The molecule has 0 spiro atoms. The maximum atomic E-state index is 12.8. The summed E-state index contributed by atoms with van der Waals surface area (Å²) in [4.78, 5) is 33.3. The predicted molar refractivity (Wildman–Crippen MR) is 69.5 cm³/mol. The van der Waals surface area contributed by atoms with Gasteiger partial charge >= 0.3 is 5.97 Å². The third-order valence-electron chi connectivity index (χ3n) is 2.87. The van der Waals surface area contributed by atoms with Crippen LogP contribution in [0.1, 0.15) is 28.1 Å². The number of Topliss-reactive ketones (excluding diaryl/α,β-unsaturated/α-hetero) is 2. The lowest BCUT2D eigenvalue weighted by Crippen LogP contribution is -2.17. The summed E-state index contributed by atoms with van der Waals surface area (Å²) in [5.41, 5.74) is 1.28. The summed E-state index contributed by atoms with van der Waals surface area (Å²) in [6.45, 7) is 0. The molecule has 2 aromatic rings. The molecule has 0 atom stereocenters. The zero-order chi connectivity index (χ0) is 15.4. The highest BCUT2D eigenvalue weighted by atomic mass is 19.1. The molecule has 0 aliphatic rings. The minimum Gasteiger partial charge on any atom is -0.475 e. The molecule has 1 aromatic heterocycles. The van der Waals surface area contributed by atoms with Crippen molar-refractivity contribution in [1.29, 1.82) is 0 Å². The lowest BCUT2D eigenvalue weighted by molar-refractivity contribution is -0.148. The Bertz CT molecular complexity index is 684. The molecule has 108 valence electrons. The van der Waals surface area contributed by atoms with Crippen molar-refractivity contribution in [2.45, 2.75) is 12.8 Å². The first-order chi connectivity index (χ1) is 9.97. The molecule has 1 aromatic carbocycles. The van der Waals surface area contributed by atoms with E-state index >= 15 is 0 Å². The lowest BCUT2D eigenvalue weighted by Gasteiger charge is -2.02. The maximum absolute atomic E-state index is 12.8. The van der Waals surface area contributed by atoms with Gasteiger partial charge in [-0.15, -0.1) is 0 Å². The highest BCUT2D eigenvalue weighted by Crippen LogP contribution is 2.18. The van der Waals surface area contributed by atoms with E-state index in [4.69, 9.17) is 9.52 Å². The predicted octanol–water partition coefficient (Wildman–Crippen LogP) is 2.24. The molecular weight excluding hydrogens is 279 g/mol. The Hall–Kier alpha value is -2.76. The van der Waals surface area contributed by atoms with Crippen molar-refractivity contribution in [3.63, 3.8) is 0 Å². The van der Waals surface area contributed by atoms with Gasteiger partial charge in [0.05, 0.1) is 12.7 Å². The molecule has 0 bridgehead atoms. The molecule has 0 saturated carbocycles. The maximum Gasteiger partial charge on any atom is 0.372 e. The number of hydrogen-bond donors (Lipinski definition) is 1. The minimum atomic E-state index is -1.66. The van der Waals surface area contributed by atoms with Gasteiger partial charge in [0.25, 0.3) is 0 Å². The van der Waals surface area contributed by atoms with Crippen LogP contribution in [0.4, 0.5) is 4.39 Å². The second-order valence-corrected chi connectivity index (χ2v) is 4.41. The number of furan rings is 1. The van der Waals surface area contributed by atoms with E-state index in [2.05, 4.69) is 0 Å². The van der Waals surface area contributed by atoms with E-state index in [0.29, 0.717) is 12.0 Å². The summed E-state index contributed by atoms with van der Waals surface area (Å²) in [5.74, 6) is -3.95. The van der Waals surface area contributed by atoms with Crippen molar-refractivity contribution in [2.24, 2.45) is 0 Å². The van der Waals surface area contributed by atoms with E-state index in [-0.39, 0.29) is 11.6 Å². The SMILES string of the molecule is O=C(O)C(=O)CC(=O)c1occc1Cc1ccc(F)cc1. The molecule has 0 radical (unpaired) electrons. The fourth-order valence-corrected chi connectivity index (χ4v) is 1.84. The Labute approximate surface area is 119 Å². The minimum absolute atomic E-state index is 0.0473. The first kappa shape index (κ1) is 14.6. The summed E-state index contributed by atoms with van der Waals surface area (Å²) in [6, 6.07) is 7.29. The van der Waals surface area contributed by atoms with Gasteiger partial charge in [0, 0.05) is 12.0 Å². The highest BCUT2D eigenvalue weighted by molar-refractivity contribution is 6.37. The van der Waals surface area contributed by atoms with Gasteiger partial charge in [-0.3, -0.25) is 9.59 Å². The lowest BCUT2D eigenvalue weighted by atomic mass is 10.0. The Morgan fingerprint density at radius 3 is 2.38 bits per heavy atom. The van der Waals surface area contributed by atoms with Crippen molar-refractivity contribution < 1.29 is 28.3 Å². The van der Waals surface area contributed by atoms with E-state index < -0.39 is 24.0 Å². The van der Waals surface area contributed by atoms with Crippen molar-refractivity contribution in [1.82, 2.24) is 0 Å². The first-order valence-electron chi connectivity index (χ1n) is 6.07. The second kappa shape index (κ2) is 6.13. The fraction of sp³-hybridized carbons (Fsp3) is 0.133. The summed E-state index contributed by atoms with van der Waals surface area (Å²) < 4.78 is 17.9. The average molecular weight is 290 g/mol. The topological polar surface area (TPSA) is 84.6 Å². The van der Waals surface area contributed by atoms with Gasteiger partial charge in [-0.05, 0) is 23.8 Å². The van der Waals surface area contributed by atoms with Crippen LogP contribution in [-0.4, -0.2) is 22.6 Å². The molecule has 21 heavy (non-hydrogen) atoms. The van der Waals surface area contributed by atoms with Crippen LogP contribution >= 0.6 is 0 Å². The van der Waals surface area contributed by atoms with Crippen LogP contribution in [0.3, 0.4) is 0 Å². The Kier molecular flexibility index (Phi) is 4.27. The van der Waals surface area contributed by atoms with E-state index in [1.807, 2.05) is 0 Å². The number of benzene rings is 1. The smallest absolute Gasteiger partial charge is 0.372 e. The van der Waals surface area contributed by atoms with E-state index in [1.54, 1.807) is 18.2 Å². The second-order valence-electron chi connectivity index (χ2n) is 4.41. The molecule has 0 amide bonds. The molecule has 5 nitrogen and oxygen atoms in total. The third-order valence-corrected chi connectivity index (χ3v) is 2.87. The number of carbonyl (C=O) groups is 3. The van der Waals surface area contributed by atoms with Crippen LogP contribution in [0.2, 0.25) is 0 Å². The first-order valence-corrected chi connectivity index (χ1v) is 6.07. The molecule has 0 aliphatic heterocycles. The van der Waals surface area contributed by atoms with Gasteiger partial charge in [0.15, 0.2) is 5.76 Å². The fourth-order valence-electron chi connectivity index (χ4n) is 1.84. The normalized spacial score (nSPS) is 10.3. The number of hydrogen-bond acceptors (Lipinski definition) is 4. The van der Waals surface area contributed by atoms with Gasteiger partial charge in [0.1, 0.15) is 5.82 Å². The summed E-state index contributed by atoms with van der Waals surface area (Å²) >= 11 is 0. The van der Waals surface area contributed by atoms with Crippen LogP contribution in [0, 0.1) is 5.82 Å². The Morgan fingerprint density at radius 1 is 1.10 bits per heavy atom. The van der Waals surface area contributed by atoms with Gasteiger partial charge in [-0.2, -0.15) is 0 Å². The number of carbonyl (C=O) groups excluding carboxylic acids is 2. The standard InChI is InChI=1S/C15H11FO5/c16-11-3-1-9(2-4-11)7-10-5-6-21-14(10)12(17)8-13(18)15(19)20/h1-6H,7-8H2,(H,19,20). The Balaban J connectivity index is 2.14. The molecule has 0 fully saturated rings. The zero-order valence-corrected chi connectivity index (χ0v) is 10.8. The van der Waals surface area contributed by atoms with Crippen LogP contribution in [0.25, 0.3) is 0 Å². The largest absolute Gasteiger partial charge is 0.475 e. The molecule has 0 unspecified atom stereocenters. The van der Waals surface area contributed by atoms with E-state index in [1.165, 1.54) is 18.4 Å². The van der Waals surface area contributed by atoms with Crippen LogP contribution in [-0.2, 0) is 16.0 Å². The number of ketones is 2. The summed E-state index contributed by atoms with van der Waals surface area (Å²) in [7, 11) is 0. The van der Waals surface area contributed by atoms with Crippen LogP contribution in [0.5, 0.6) is 0 Å². The monoisotopic (exact) mass is 290 g/mol. The average Bonchev–Trinajstić information content (AvgIpc) is 2.89. The number of aliphatic carboxylic acids is 1. The van der Waals surface area contributed by atoms with Crippen LogP contribution in [0.15, 0.2) is 41.0 Å². The van der Waals surface area contributed by atoms with Gasteiger partial charge in [-0.1, -0.05) is 12.1 Å². The van der Waals surface area contributed by atoms with Gasteiger partial charge in [0.2, 0.25) is 11.6 Å². The van der Waals surface area contributed by atoms with Crippen molar-refractivity contribution in [3.05, 3.63) is 59.3 Å². The van der Waals surface area contributed by atoms with E-state index in [0.717, 1.165) is 5.56 Å². The molecule has 2 rings (SSSR count). The van der Waals surface area contributed by atoms with Crippen molar-refractivity contribution in [3.8, 4) is 0 Å². The number of halogens is 1. The molecule has 0 saturated heterocycles. The summed E-state index contributed by atoms with van der Waals surface area (Å²) in [5, 5.41) is 8.49. The number of rotatable bonds is 6. The van der Waals surface area contributed by atoms with E-state index in [9.17, 15) is 18.8 Å². The highest BCUT2D eigenvalue weighted by Gasteiger charge is 2.22. The third kappa shape index (κ3) is 3.62. The van der Waals surface area contributed by atoms with Crippen molar-refractivity contribution in [2.75, 3.05) is 0 Å². The number of carboxylic acids is 1.